The van der Waals surface area contributed by atoms with Crippen LogP contribution < -0.4 is 10.2 Å². The van der Waals surface area contributed by atoms with Crippen molar-refractivity contribution in [1.29, 1.82) is 0 Å². The van der Waals surface area contributed by atoms with Crippen LogP contribution in [0.25, 0.3) is 0 Å². The first-order valence-corrected chi connectivity index (χ1v) is 12.1. The Morgan fingerprint density at radius 1 is 1.10 bits per heavy atom. The maximum absolute atomic E-state index is 12.6. The summed E-state index contributed by atoms with van der Waals surface area (Å²) in [6.45, 7) is 3.94. The number of amides is 1. The lowest BCUT2D eigenvalue weighted by Crippen LogP contribution is -2.50. The van der Waals surface area contributed by atoms with E-state index in [1.54, 1.807) is 42.4 Å². The van der Waals surface area contributed by atoms with E-state index >= 15 is 0 Å². The van der Waals surface area contributed by atoms with E-state index in [1.807, 2.05) is 24.0 Å². The number of hydrogen-bond donors (Lipinski definition) is 1. The van der Waals surface area contributed by atoms with Crippen LogP contribution in [0.15, 0.2) is 47.6 Å². The van der Waals surface area contributed by atoms with Crippen molar-refractivity contribution in [3.05, 3.63) is 48.3 Å². The minimum Gasteiger partial charge on any atom is -0.351 e. The predicted octanol–water partition coefficient (Wildman–Crippen LogP) is 1.47. The van der Waals surface area contributed by atoms with Crippen LogP contribution >= 0.6 is 11.8 Å². The van der Waals surface area contributed by atoms with Gasteiger partial charge in [-0.25, -0.2) is 18.4 Å². The summed E-state index contributed by atoms with van der Waals surface area (Å²) in [5, 5.41) is 2.74. The van der Waals surface area contributed by atoms with E-state index in [1.165, 1.54) is 4.31 Å². The molecule has 0 unspecified atom stereocenters. The van der Waals surface area contributed by atoms with Crippen LogP contribution in [0, 0.1) is 0 Å². The number of piperazine rings is 1. The molecule has 29 heavy (non-hydrogen) atoms. The van der Waals surface area contributed by atoms with Crippen LogP contribution in [0.5, 0.6) is 0 Å². The first-order valence-electron chi connectivity index (χ1n) is 9.51. The second kappa shape index (κ2) is 10.0. The Bertz CT molecular complexity index is 916. The summed E-state index contributed by atoms with van der Waals surface area (Å²) < 4.78 is 26.7. The van der Waals surface area contributed by atoms with E-state index in [9.17, 15) is 13.2 Å². The van der Waals surface area contributed by atoms with E-state index in [4.69, 9.17) is 0 Å². The van der Waals surface area contributed by atoms with Gasteiger partial charge in [0, 0.05) is 50.0 Å². The molecular weight excluding hydrogens is 410 g/mol. The monoisotopic (exact) mass is 435 g/mol. The highest BCUT2D eigenvalue weighted by molar-refractivity contribution is 7.99. The molecule has 1 amide bonds. The van der Waals surface area contributed by atoms with Crippen LogP contribution in [-0.4, -0.2) is 72.8 Å². The standard InChI is InChI=1S/C19H25N5O3S2/c1-2-28-17-7-4-3-6-16(17)18(25)20-10-15-29(26,27)24-13-11-23(12-14-24)19-21-8-5-9-22-19/h3-9H,2,10-15H2,1H3,(H,20,25). The van der Waals surface area contributed by atoms with Crippen molar-refractivity contribution in [1.82, 2.24) is 19.6 Å². The topological polar surface area (TPSA) is 95.5 Å². The molecule has 1 saturated heterocycles. The molecule has 1 aliphatic rings. The van der Waals surface area contributed by atoms with Crippen LogP contribution in [0.2, 0.25) is 0 Å². The number of nitrogens with one attached hydrogen (secondary N) is 1. The van der Waals surface area contributed by atoms with Gasteiger partial charge in [-0.2, -0.15) is 4.31 Å². The van der Waals surface area contributed by atoms with Gasteiger partial charge in [-0.15, -0.1) is 11.8 Å². The van der Waals surface area contributed by atoms with Crippen molar-refractivity contribution in [2.24, 2.45) is 0 Å². The molecule has 0 spiro atoms. The third kappa shape index (κ3) is 5.68. The Balaban J connectivity index is 1.50. The lowest BCUT2D eigenvalue weighted by molar-refractivity contribution is 0.0953. The molecule has 1 fully saturated rings. The third-order valence-corrected chi connectivity index (χ3v) is 7.37. The van der Waals surface area contributed by atoms with E-state index in [-0.39, 0.29) is 18.2 Å². The van der Waals surface area contributed by atoms with Crippen LogP contribution in [0.4, 0.5) is 5.95 Å². The van der Waals surface area contributed by atoms with Crippen molar-refractivity contribution >= 4 is 33.6 Å². The fourth-order valence-corrected chi connectivity index (χ4v) is 5.21. The smallest absolute Gasteiger partial charge is 0.252 e. The summed E-state index contributed by atoms with van der Waals surface area (Å²) in [7, 11) is -3.44. The van der Waals surface area contributed by atoms with Gasteiger partial charge >= 0.3 is 0 Å². The molecule has 1 aromatic carbocycles. The Kier molecular flexibility index (Phi) is 7.45. The van der Waals surface area contributed by atoms with Gasteiger partial charge in [0.15, 0.2) is 0 Å². The SMILES string of the molecule is CCSc1ccccc1C(=O)NCCS(=O)(=O)N1CCN(c2ncccn2)CC1. The summed E-state index contributed by atoms with van der Waals surface area (Å²) in [5.41, 5.74) is 0.577. The number of sulfonamides is 1. The molecule has 0 aliphatic carbocycles. The van der Waals surface area contributed by atoms with Gasteiger partial charge in [0.05, 0.1) is 11.3 Å². The van der Waals surface area contributed by atoms with Gasteiger partial charge in [0.25, 0.3) is 5.91 Å². The second-order valence-electron chi connectivity index (χ2n) is 6.44. The molecule has 0 bridgehead atoms. The minimum absolute atomic E-state index is 0.0777. The van der Waals surface area contributed by atoms with Crippen LogP contribution in [-0.2, 0) is 10.0 Å². The van der Waals surface area contributed by atoms with Gasteiger partial charge in [0.1, 0.15) is 0 Å². The first kappa shape index (κ1) is 21.5. The maximum Gasteiger partial charge on any atom is 0.252 e. The van der Waals surface area contributed by atoms with E-state index < -0.39 is 10.0 Å². The zero-order valence-electron chi connectivity index (χ0n) is 16.3. The normalized spacial score (nSPS) is 15.3. The number of hydrogen-bond acceptors (Lipinski definition) is 7. The van der Waals surface area contributed by atoms with Gasteiger partial charge in [-0.3, -0.25) is 4.79 Å². The molecule has 0 saturated carbocycles. The molecule has 1 aliphatic heterocycles. The molecule has 8 nitrogen and oxygen atoms in total. The Labute approximate surface area is 175 Å². The van der Waals surface area contributed by atoms with Crippen molar-refractivity contribution in [3.8, 4) is 0 Å². The van der Waals surface area contributed by atoms with E-state index in [2.05, 4.69) is 15.3 Å². The third-order valence-electron chi connectivity index (χ3n) is 4.54. The van der Waals surface area contributed by atoms with Gasteiger partial charge < -0.3 is 10.2 Å². The number of nitrogens with zero attached hydrogens (tertiary/aromatic N) is 4. The Morgan fingerprint density at radius 2 is 1.79 bits per heavy atom. The number of carbonyl (C=O) groups excluding carboxylic acids is 1. The first-order chi connectivity index (χ1) is 14.0. The fourth-order valence-electron chi connectivity index (χ4n) is 3.07. The molecule has 10 heteroatoms. The number of rotatable bonds is 8. The molecule has 1 N–H and O–H groups in total. The van der Waals surface area contributed by atoms with Gasteiger partial charge in [-0.05, 0) is 24.0 Å². The molecule has 2 aromatic rings. The molecule has 2 heterocycles. The van der Waals surface area contributed by atoms with Crippen LogP contribution in [0.3, 0.4) is 0 Å². The molecule has 156 valence electrons. The van der Waals surface area contributed by atoms with Gasteiger partial charge in [0.2, 0.25) is 16.0 Å². The van der Waals surface area contributed by atoms with Crippen molar-refractivity contribution in [2.75, 3.05) is 49.1 Å². The second-order valence-corrected chi connectivity index (χ2v) is 9.83. The largest absolute Gasteiger partial charge is 0.351 e. The summed E-state index contributed by atoms with van der Waals surface area (Å²) in [5.74, 6) is 1.10. The summed E-state index contributed by atoms with van der Waals surface area (Å²) >= 11 is 1.59. The molecule has 0 radical (unpaired) electrons. The maximum atomic E-state index is 12.6. The Hall–Kier alpha value is -2.17. The summed E-state index contributed by atoms with van der Waals surface area (Å²) in [6, 6.07) is 9.10. The lowest BCUT2D eigenvalue weighted by atomic mass is 10.2. The van der Waals surface area contributed by atoms with Crippen molar-refractivity contribution < 1.29 is 13.2 Å². The van der Waals surface area contributed by atoms with E-state index in [0.717, 1.165) is 10.6 Å². The highest BCUT2D eigenvalue weighted by Gasteiger charge is 2.27. The van der Waals surface area contributed by atoms with Gasteiger partial charge in [-0.1, -0.05) is 19.1 Å². The van der Waals surface area contributed by atoms with Crippen LogP contribution in [0.1, 0.15) is 17.3 Å². The number of thioether (sulfide) groups is 1. The average Bonchev–Trinajstić information content (AvgIpc) is 2.75. The zero-order valence-corrected chi connectivity index (χ0v) is 18.0. The quantitative estimate of drug-likeness (QED) is 0.627. The zero-order chi connectivity index (χ0) is 20.7. The predicted molar refractivity (Wildman–Crippen MR) is 115 cm³/mol. The Morgan fingerprint density at radius 3 is 2.48 bits per heavy atom. The number of aromatic nitrogens is 2. The van der Waals surface area contributed by atoms with E-state index in [0.29, 0.717) is 37.7 Å². The summed E-state index contributed by atoms with van der Waals surface area (Å²) in [4.78, 5) is 23.7. The molecule has 0 atom stereocenters. The molecular formula is C19H25N5O3S2. The highest BCUT2D eigenvalue weighted by atomic mass is 32.2. The number of anilines is 1. The molecule has 3 rings (SSSR count). The highest BCUT2D eigenvalue weighted by Crippen LogP contribution is 2.22. The minimum atomic E-state index is -3.44. The number of benzene rings is 1. The van der Waals surface area contributed by atoms with Crippen molar-refractivity contribution in [2.45, 2.75) is 11.8 Å². The summed E-state index contributed by atoms with van der Waals surface area (Å²) in [6.07, 6.45) is 3.34. The van der Waals surface area contributed by atoms with Crippen molar-refractivity contribution in [3.63, 3.8) is 0 Å². The number of carbonyl (C=O) groups is 1. The molecule has 1 aromatic heterocycles. The average molecular weight is 436 g/mol. The fraction of sp³-hybridized carbons (Fsp3) is 0.421. The lowest BCUT2D eigenvalue weighted by Gasteiger charge is -2.33.